The Kier molecular flexibility index (Phi) is 2.87. The monoisotopic (exact) mass is 263 g/mol. The van der Waals surface area contributed by atoms with Gasteiger partial charge in [0.1, 0.15) is 10.8 Å². The first-order valence-corrected chi connectivity index (χ1v) is 6.76. The van der Waals surface area contributed by atoms with Crippen molar-refractivity contribution in [2.75, 3.05) is 6.54 Å². The Hall–Kier alpha value is -1.69. The number of aryl methyl sites for hydroxylation is 1. The molecule has 0 radical (unpaired) electrons. The molecule has 6 heteroatoms. The van der Waals surface area contributed by atoms with Crippen molar-refractivity contribution >= 4 is 17.2 Å². The van der Waals surface area contributed by atoms with E-state index in [1.165, 1.54) is 6.39 Å². The standard InChI is InChI=1S/C12H13N3O2S/c1-8-10(14-7-17-8)12(16)15-5-2-3-9(15)11-13-4-6-18-11/h4,6-7,9H,2-3,5H2,1H3/t9-/m0/s1. The van der Waals surface area contributed by atoms with E-state index in [4.69, 9.17) is 4.42 Å². The molecule has 0 N–H and O–H groups in total. The maximum Gasteiger partial charge on any atom is 0.276 e. The number of amides is 1. The fourth-order valence-corrected chi connectivity index (χ4v) is 3.10. The predicted molar refractivity (Wildman–Crippen MR) is 66.4 cm³/mol. The number of nitrogens with zero attached hydrogens (tertiary/aromatic N) is 3. The minimum absolute atomic E-state index is 0.0565. The Labute approximate surface area is 108 Å². The summed E-state index contributed by atoms with van der Waals surface area (Å²) >= 11 is 1.59. The maximum atomic E-state index is 12.4. The van der Waals surface area contributed by atoms with Crippen LogP contribution in [0.5, 0.6) is 0 Å². The molecule has 2 aromatic heterocycles. The summed E-state index contributed by atoms with van der Waals surface area (Å²) in [6.45, 7) is 2.52. The van der Waals surface area contributed by atoms with E-state index in [2.05, 4.69) is 9.97 Å². The molecule has 0 saturated carbocycles. The number of oxazole rings is 1. The fourth-order valence-electron chi connectivity index (χ4n) is 2.31. The molecule has 0 aromatic carbocycles. The number of hydrogen-bond donors (Lipinski definition) is 0. The van der Waals surface area contributed by atoms with Crippen LogP contribution in [0, 0.1) is 6.92 Å². The second kappa shape index (κ2) is 4.53. The molecule has 1 atom stereocenters. The maximum absolute atomic E-state index is 12.4. The first-order valence-electron chi connectivity index (χ1n) is 5.88. The van der Waals surface area contributed by atoms with Crippen LogP contribution in [0.4, 0.5) is 0 Å². The highest BCUT2D eigenvalue weighted by Gasteiger charge is 2.33. The number of likely N-dealkylation sites (tertiary alicyclic amines) is 1. The van der Waals surface area contributed by atoms with Crippen molar-refractivity contribution in [1.29, 1.82) is 0 Å². The van der Waals surface area contributed by atoms with Gasteiger partial charge in [-0.05, 0) is 19.8 Å². The fraction of sp³-hybridized carbons (Fsp3) is 0.417. The van der Waals surface area contributed by atoms with Crippen LogP contribution >= 0.6 is 11.3 Å². The van der Waals surface area contributed by atoms with Gasteiger partial charge in [-0.25, -0.2) is 9.97 Å². The third kappa shape index (κ3) is 1.82. The molecule has 1 amide bonds. The van der Waals surface area contributed by atoms with Crippen molar-refractivity contribution in [1.82, 2.24) is 14.9 Å². The summed E-state index contributed by atoms with van der Waals surface area (Å²) < 4.78 is 5.10. The van der Waals surface area contributed by atoms with Gasteiger partial charge < -0.3 is 9.32 Å². The molecule has 3 heterocycles. The first-order chi connectivity index (χ1) is 8.77. The minimum atomic E-state index is -0.0565. The molecule has 1 aliphatic heterocycles. The van der Waals surface area contributed by atoms with Crippen molar-refractivity contribution in [2.45, 2.75) is 25.8 Å². The van der Waals surface area contributed by atoms with E-state index in [0.29, 0.717) is 11.5 Å². The van der Waals surface area contributed by atoms with Gasteiger partial charge >= 0.3 is 0 Å². The van der Waals surface area contributed by atoms with E-state index in [1.807, 2.05) is 10.3 Å². The lowest BCUT2D eigenvalue weighted by Gasteiger charge is -2.22. The van der Waals surface area contributed by atoms with Crippen LogP contribution < -0.4 is 0 Å². The van der Waals surface area contributed by atoms with Crippen molar-refractivity contribution in [3.8, 4) is 0 Å². The summed E-state index contributed by atoms with van der Waals surface area (Å²) in [6.07, 6.45) is 5.07. The number of aromatic nitrogens is 2. The topological polar surface area (TPSA) is 59.2 Å². The molecule has 0 spiro atoms. The summed E-state index contributed by atoms with van der Waals surface area (Å²) in [5.41, 5.74) is 0.415. The quantitative estimate of drug-likeness (QED) is 0.835. The van der Waals surface area contributed by atoms with Crippen molar-refractivity contribution in [3.05, 3.63) is 34.4 Å². The molecule has 3 rings (SSSR count). The van der Waals surface area contributed by atoms with E-state index < -0.39 is 0 Å². The van der Waals surface area contributed by atoms with Gasteiger partial charge in [-0.3, -0.25) is 4.79 Å². The van der Waals surface area contributed by atoms with Gasteiger partial charge in [-0.2, -0.15) is 0 Å². The highest BCUT2D eigenvalue weighted by molar-refractivity contribution is 7.09. The molecular formula is C12H13N3O2S. The smallest absolute Gasteiger partial charge is 0.276 e. The summed E-state index contributed by atoms with van der Waals surface area (Å²) in [6, 6.07) is 0.0913. The summed E-state index contributed by atoms with van der Waals surface area (Å²) in [7, 11) is 0. The highest BCUT2D eigenvalue weighted by Crippen LogP contribution is 2.34. The van der Waals surface area contributed by atoms with Crippen LogP contribution in [-0.2, 0) is 0 Å². The van der Waals surface area contributed by atoms with Crippen LogP contribution in [-0.4, -0.2) is 27.3 Å². The summed E-state index contributed by atoms with van der Waals surface area (Å²) in [5, 5.41) is 2.94. The van der Waals surface area contributed by atoms with Gasteiger partial charge in [0.05, 0.1) is 6.04 Å². The molecule has 0 bridgehead atoms. The Morgan fingerprint density at radius 3 is 3.11 bits per heavy atom. The van der Waals surface area contributed by atoms with Gasteiger partial charge in [0.25, 0.3) is 5.91 Å². The van der Waals surface area contributed by atoms with Crippen LogP contribution in [0.1, 0.15) is 40.1 Å². The van der Waals surface area contributed by atoms with E-state index >= 15 is 0 Å². The molecule has 1 aliphatic rings. The molecule has 5 nitrogen and oxygen atoms in total. The summed E-state index contributed by atoms with van der Waals surface area (Å²) in [5.74, 6) is 0.517. The third-order valence-corrected chi connectivity index (χ3v) is 4.07. The second-order valence-electron chi connectivity index (χ2n) is 4.28. The Bertz CT molecular complexity index is 549. The molecule has 0 unspecified atom stereocenters. The van der Waals surface area contributed by atoms with Crippen molar-refractivity contribution in [3.63, 3.8) is 0 Å². The Balaban J connectivity index is 1.88. The zero-order chi connectivity index (χ0) is 12.5. The van der Waals surface area contributed by atoms with Gasteiger partial charge in [-0.15, -0.1) is 11.3 Å². The average molecular weight is 263 g/mol. The van der Waals surface area contributed by atoms with Crippen molar-refractivity contribution in [2.24, 2.45) is 0 Å². The molecule has 18 heavy (non-hydrogen) atoms. The second-order valence-corrected chi connectivity index (χ2v) is 5.21. The first kappa shape index (κ1) is 11.4. The van der Waals surface area contributed by atoms with Crippen LogP contribution in [0.25, 0.3) is 0 Å². The van der Waals surface area contributed by atoms with Crippen LogP contribution in [0.15, 0.2) is 22.4 Å². The van der Waals surface area contributed by atoms with Gasteiger partial charge in [-0.1, -0.05) is 0 Å². The predicted octanol–water partition coefficient (Wildman–Crippen LogP) is 2.42. The van der Waals surface area contributed by atoms with Crippen molar-refractivity contribution < 1.29 is 9.21 Å². The van der Waals surface area contributed by atoms with E-state index in [0.717, 1.165) is 24.4 Å². The number of hydrogen-bond acceptors (Lipinski definition) is 5. The largest absolute Gasteiger partial charge is 0.448 e. The minimum Gasteiger partial charge on any atom is -0.448 e. The SMILES string of the molecule is Cc1ocnc1C(=O)N1CCC[C@H]1c1nccs1. The Morgan fingerprint density at radius 2 is 2.44 bits per heavy atom. The zero-order valence-electron chi connectivity index (χ0n) is 10.00. The molecule has 94 valence electrons. The van der Waals surface area contributed by atoms with Crippen LogP contribution in [0.2, 0.25) is 0 Å². The van der Waals surface area contributed by atoms with E-state index in [-0.39, 0.29) is 11.9 Å². The zero-order valence-corrected chi connectivity index (χ0v) is 10.8. The van der Waals surface area contributed by atoms with Gasteiger partial charge in [0, 0.05) is 18.1 Å². The Morgan fingerprint density at radius 1 is 1.56 bits per heavy atom. The molecule has 1 saturated heterocycles. The molecule has 1 fully saturated rings. The third-order valence-electron chi connectivity index (χ3n) is 3.20. The van der Waals surface area contributed by atoms with E-state index in [9.17, 15) is 4.79 Å². The number of thiazole rings is 1. The average Bonchev–Trinajstić information content (AvgIpc) is 3.09. The number of carbonyl (C=O) groups is 1. The lowest BCUT2D eigenvalue weighted by atomic mass is 10.2. The van der Waals surface area contributed by atoms with Gasteiger partial charge in [0.2, 0.25) is 0 Å². The molecule has 2 aromatic rings. The lowest BCUT2D eigenvalue weighted by molar-refractivity contribution is 0.0728. The van der Waals surface area contributed by atoms with Gasteiger partial charge in [0.15, 0.2) is 12.1 Å². The lowest BCUT2D eigenvalue weighted by Crippen LogP contribution is -2.31. The molecular weight excluding hydrogens is 250 g/mol. The highest BCUT2D eigenvalue weighted by atomic mass is 32.1. The molecule has 0 aliphatic carbocycles. The summed E-state index contributed by atoms with van der Waals surface area (Å²) in [4.78, 5) is 22.6. The number of carbonyl (C=O) groups excluding carboxylic acids is 1. The normalized spacial score (nSPS) is 19.4. The number of rotatable bonds is 2. The van der Waals surface area contributed by atoms with E-state index in [1.54, 1.807) is 24.5 Å². The van der Waals surface area contributed by atoms with Crippen LogP contribution in [0.3, 0.4) is 0 Å².